The minimum atomic E-state index is -2.42. The van der Waals surface area contributed by atoms with Crippen LogP contribution in [0.2, 0.25) is 0 Å². The third kappa shape index (κ3) is 4.80. The summed E-state index contributed by atoms with van der Waals surface area (Å²) >= 11 is 0. The Morgan fingerprint density at radius 2 is 1.90 bits per heavy atom. The number of carbonyl (C=O) groups excluding carboxylic acids is 1. The van der Waals surface area contributed by atoms with Gasteiger partial charge in [0.25, 0.3) is 12.0 Å². The lowest BCUT2D eigenvalue weighted by Gasteiger charge is -2.51. The van der Waals surface area contributed by atoms with E-state index in [9.17, 15) is 18.4 Å². The number of H-pyrrole nitrogens is 1. The number of Topliss-reactive ketones (excluding diaryl/α,β-unsaturated/α-hetero) is 1. The van der Waals surface area contributed by atoms with Crippen LogP contribution < -0.4 is 10.3 Å². The fourth-order valence-corrected chi connectivity index (χ4v) is 6.53. The molecule has 2 aliphatic rings. The number of fused-ring (bicyclic) bond motifs is 1. The van der Waals surface area contributed by atoms with Gasteiger partial charge in [-0.2, -0.15) is 0 Å². The van der Waals surface area contributed by atoms with Crippen molar-refractivity contribution in [2.24, 2.45) is 5.92 Å². The minimum Gasteiger partial charge on any atom is -0.496 e. The van der Waals surface area contributed by atoms with E-state index < -0.39 is 12.0 Å². The molecule has 0 unspecified atom stereocenters. The number of likely N-dealkylation sites (tertiary alicyclic amines) is 1. The van der Waals surface area contributed by atoms with Crippen LogP contribution in [0.3, 0.4) is 0 Å². The molecule has 0 radical (unpaired) electrons. The highest BCUT2D eigenvalue weighted by atomic mass is 19.3. The normalized spacial score (nSPS) is 18.8. The number of halogens is 2. The van der Waals surface area contributed by atoms with Crippen molar-refractivity contribution in [1.82, 2.24) is 14.5 Å². The molecule has 210 valence electrons. The summed E-state index contributed by atoms with van der Waals surface area (Å²) in [5.74, 6) is 0.769. The van der Waals surface area contributed by atoms with E-state index >= 15 is 0 Å². The van der Waals surface area contributed by atoms with Crippen molar-refractivity contribution in [3.63, 3.8) is 0 Å². The highest BCUT2D eigenvalue weighted by Crippen LogP contribution is 2.40. The number of ketones is 1. The maximum absolute atomic E-state index is 13.8. The summed E-state index contributed by atoms with van der Waals surface area (Å²) in [5.41, 5.74) is 2.38. The van der Waals surface area contributed by atoms with Gasteiger partial charge in [-0.15, -0.1) is 0 Å². The van der Waals surface area contributed by atoms with Crippen molar-refractivity contribution in [1.29, 1.82) is 0 Å². The fraction of sp³-hybridized carbons (Fsp3) is 0.533. The van der Waals surface area contributed by atoms with Gasteiger partial charge in [-0.1, -0.05) is 18.2 Å². The molecule has 9 heteroatoms. The molecule has 1 aromatic carbocycles. The van der Waals surface area contributed by atoms with Crippen molar-refractivity contribution in [2.75, 3.05) is 33.4 Å². The van der Waals surface area contributed by atoms with Crippen LogP contribution in [0, 0.1) is 19.8 Å². The SMILES string of the molecule is COc1cc(C)[nH]c(=O)c1CCC(=O)c1c(C)n([C@H](C)C2CCN(C3(C(F)F)COC3)CC2)c2ccccc12. The number of pyridine rings is 1. The number of para-hydroxylation sites is 1. The zero-order chi connectivity index (χ0) is 27.9. The van der Waals surface area contributed by atoms with Crippen molar-refractivity contribution in [3.05, 3.63) is 63.2 Å². The smallest absolute Gasteiger partial charge is 0.261 e. The number of benzene rings is 1. The van der Waals surface area contributed by atoms with E-state index in [1.165, 1.54) is 7.11 Å². The average molecular weight is 542 g/mol. The van der Waals surface area contributed by atoms with E-state index in [1.807, 2.05) is 36.1 Å². The summed E-state index contributed by atoms with van der Waals surface area (Å²) in [6, 6.07) is 9.79. The van der Waals surface area contributed by atoms with Crippen molar-refractivity contribution in [3.8, 4) is 5.75 Å². The number of nitrogens with zero attached hydrogens (tertiary/aromatic N) is 2. The highest BCUT2D eigenvalue weighted by Gasteiger charge is 2.52. The summed E-state index contributed by atoms with van der Waals surface area (Å²) in [4.78, 5) is 30.9. The van der Waals surface area contributed by atoms with Crippen LogP contribution in [-0.4, -0.2) is 65.6 Å². The Bertz CT molecular complexity index is 1420. The van der Waals surface area contributed by atoms with Crippen molar-refractivity contribution < 1.29 is 23.0 Å². The molecule has 2 aromatic heterocycles. The van der Waals surface area contributed by atoms with E-state index in [4.69, 9.17) is 9.47 Å². The Morgan fingerprint density at radius 3 is 2.51 bits per heavy atom. The third-order valence-electron chi connectivity index (χ3n) is 8.86. The Hall–Kier alpha value is -3.04. The molecule has 4 heterocycles. The van der Waals surface area contributed by atoms with Crippen LogP contribution >= 0.6 is 0 Å². The number of alkyl halides is 2. The molecule has 2 saturated heterocycles. The fourth-order valence-electron chi connectivity index (χ4n) is 6.53. The van der Waals surface area contributed by atoms with Crippen molar-refractivity contribution >= 4 is 16.7 Å². The lowest BCUT2D eigenvalue weighted by atomic mass is 9.85. The molecule has 0 amide bonds. The number of aryl methyl sites for hydroxylation is 1. The number of aromatic nitrogens is 2. The number of nitrogens with one attached hydrogen (secondary N) is 1. The number of aromatic amines is 1. The molecule has 0 saturated carbocycles. The van der Waals surface area contributed by atoms with E-state index in [0.717, 1.165) is 29.4 Å². The summed E-state index contributed by atoms with van der Waals surface area (Å²) in [7, 11) is 1.52. The number of rotatable bonds is 9. The summed E-state index contributed by atoms with van der Waals surface area (Å²) in [5, 5.41) is 0.900. The molecule has 1 atom stereocenters. The maximum Gasteiger partial charge on any atom is 0.261 e. The lowest BCUT2D eigenvalue weighted by Crippen LogP contribution is -2.68. The Balaban J connectivity index is 1.37. The number of hydrogen-bond donors (Lipinski definition) is 1. The van der Waals surface area contributed by atoms with E-state index in [-0.39, 0.29) is 43.4 Å². The van der Waals surface area contributed by atoms with Gasteiger partial charge < -0.3 is 19.0 Å². The predicted octanol–water partition coefficient (Wildman–Crippen LogP) is 5.08. The Kier molecular flexibility index (Phi) is 7.66. The van der Waals surface area contributed by atoms with Crippen LogP contribution in [0.25, 0.3) is 10.9 Å². The second-order valence-corrected chi connectivity index (χ2v) is 11.1. The number of hydrogen-bond acceptors (Lipinski definition) is 5. The largest absolute Gasteiger partial charge is 0.496 e. The summed E-state index contributed by atoms with van der Waals surface area (Å²) in [6.45, 7) is 7.35. The van der Waals surface area contributed by atoms with Crippen LogP contribution in [-0.2, 0) is 11.2 Å². The van der Waals surface area contributed by atoms with Gasteiger partial charge in [0.05, 0.1) is 25.9 Å². The van der Waals surface area contributed by atoms with E-state index in [2.05, 4.69) is 16.5 Å². The first-order chi connectivity index (χ1) is 18.7. The first-order valence-corrected chi connectivity index (χ1v) is 13.7. The standard InChI is InChI=1S/C30H37F2N3O4/c1-18-15-26(38-4)23(28(37)33-18)9-10-25(36)27-20(3)35(24-8-6-5-7-22(24)27)19(2)21-11-13-34(14-12-21)30(29(31)32)16-39-17-30/h5-8,15,19,21,29H,9-14,16-17H2,1-4H3,(H,33,37)/t19-/m1/s1. The molecular weight excluding hydrogens is 504 g/mol. The van der Waals surface area contributed by atoms with Crippen LogP contribution in [0.4, 0.5) is 8.78 Å². The first-order valence-electron chi connectivity index (χ1n) is 13.7. The van der Waals surface area contributed by atoms with Gasteiger partial charge >= 0.3 is 0 Å². The van der Waals surface area contributed by atoms with Crippen LogP contribution in [0.1, 0.15) is 59.5 Å². The Labute approximate surface area is 227 Å². The monoisotopic (exact) mass is 541 g/mol. The molecule has 0 aliphatic carbocycles. The van der Waals surface area contributed by atoms with E-state index in [0.29, 0.717) is 41.6 Å². The molecule has 7 nitrogen and oxygen atoms in total. The zero-order valence-corrected chi connectivity index (χ0v) is 23.1. The summed E-state index contributed by atoms with van der Waals surface area (Å²) in [6.07, 6.45) is -0.344. The number of ether oxygens (including phenoxy) is 2. The van der Waals surface area contributed by atoms with Gasteiger partial charge in [0.2, 0.25) is 0 Å². The molecule has 0 bridgehead atoms. The molecular formula is C30H37F2N3O4. The molecule has 3 aromatic rings. The average Bonchev–Trinajstić information content (AvgIpc) is 3.18. The third-order valence-corrected chi connectivity index (χ3v) is 8.86. The molecule has 5 rings (SSSR count). The van der Waals surface area contributed by atoms with Crippen molar-refractivity contribution in [2.45, 2.75) is 64.5 Å². The van der Waals surface area contributed by atoms with Gasteiger partial charge in [0.15, 0.2) is 5.78 Å². The second kappa shape index (κ2) is 10.8. The predicted molar refractivity (Wildman–Crippen MR) is 146 cm³/mol. The van der Waals surface area contributed by atoms with Crippen LogP contribution in [0.15, 0.2) is 35.1 Å². The summed E-state index contributed by atoms with van der Waals surface area (Å²) < 4.78 is 40.5. The number of piperidine rings is 1. The molecule has 1 N–H and O–H groups in total. The highest BCUT2D eigenvalue weighted by molar-refractivity contribution is 6.09. The molecule has 0 spiro atoms. The maximum atomic E-state index is 13.8. The molecule has 2 aliphatic heterocycles. The quantitative estimate of drug-likeness (QED) is 0.383. The number of methoxy groups -OCH3 is 1. The van der Waals surface area contributed by atoms with E-state index in [1.54, 1.807) is 13.0 Å². The van der Waals surface area contributed by atoms with Gasteiger partial charge in [-0.05, 0) is 71.2 Å². The molecule has 2 fully saturated rings. The first kappa shape index (κ1) is 27.5. The Morgan fingerprint density at radius 1 is 1.21 bits per heavy atom. The van der Waals surface area contributed by atoms with Gasteiger partial charge in [-0.3, -0.25) is 14.5 Å². The second-order valence-electron chi connectivity index (χ2n) is 11.1. The topological polar surface area (TPSA) is 76.6 Å². The van der Waals surface area contributed by atoms with Gasteiger partial charge in [0.1, 0.15) is 11.3 Å². The minimum absolute atomic E-state index is 0.0182. The van der Waals surface area contributed by atoms with Gasteiger partial charge in [0, 0.05) is 40.3 Å². The molecule has 39 heavy (non-hydrogen) atoms. The zero-order valence-electron chi connectivity index (χ0n) is 23.1. The van der Waals surface area contributed by atoms with Crippen LogP contribution in [0.5, 0.6) is 5.75 Å². The number of carbonyl (C=O) groups is 1. The van der Waals surface area contributed by atoms with Gasteiger partial charge in [-0.25, -0.2) is 8.78 Å². The lowest BCUT2D eigenvalue weighted by molar-refractivity contribution is -0.208.